The third-order valence-electron chi connectivity index (χ3n) is 3.69. The number of fused-ring (bicyclic) bond motifs is 1. The number of halogens is 1. The van der Waals surface area contributed by atoms with Crippen LogP contribution in [0.1, 0.15) is 11.1 Å². The van der Waals surface area contributed by atoms with Gasteiger partial charge in [0, 0.05) is 24.2 Å². The molecular weight excluding hydrogens is 270 g/mol. The van der Waals surface area contributed by atoms with Crippen LogP contribution in [0.4, 0.5) is 0 Å². The zero-order chi connectivity index (χ0) is 14.3. The molecule has 0 bridgehead atoms. The molecule has 1 heterocycles. The molecule has 0 aliphatic heterocycles. The first-order valence-electron chi connectivity index (χ1n) is 6.52. The average molecular weight is 286 g/mol. The van der Waals surface area contributed by atoms with Gasteiger partial charge in [-0.2, -0.15) is 0 Å². The summed E-state index contributed by atoms with van der Waals surface area (Å²) >= 11 is 6.21. The van der Waals surface area contributed by atoms with E-state index in [4.69, 9.17) is 22.3 Å². The van der Waals surface area contributed by atoms with Crippen LogP contribution < -0.4 is 5.73 Å². The van der Waals surface area contributed by atoms with Gasteiger partial charge >= 0.3 is 0 Å². The van der Waals surface area contributed by atoms with Gasteiger partial charge < -0.3 is 10.3 Å². The van der Waals surface area contributed by atoms with Crippen molar-refractivity contribution in [3.8, 4) is 11.4 Å². The summed E-state index contributed by atoms with van der Waals surface area (Å²) in [5.41, 5.74) is 10.9. The fraction of sp³-hybridized carbons (Fsp3) is 0.188. The summed E-state index contributed by atoms with van der Waals surface area (Å²) in [5.74, 6) is 0.925. The van der Waals surface area contributed by atoms with Gasteiger partial charge in [-0.15, -0.1) is 0 Å². The van der Waals surface area contributed by atoms with Crippen molar-refractivity contribution in [3.63, 3.8) is 0 Å². The maximum absolute atomic E-state index is 6.21. The van der Waals surface area contributed by atoms with Crippen LogP contribution in [0.5, 0.6) is 0 Å². The van der Waals surface area contributed by atoms with Crippen LogP contribution in [-0.4, -0.2) is 9.55 Å². The molecule has 20 heavy (non-hydrogen) atoms. The van der Waals surface area contributed by atoms with Crippen molar-refractivity contribution in [2.24, 2.45) is 12.8 Å². The van der Waals surface area contributed by atoms with Crippen molar-refractivity contribution in [2.45, 2.75) is 13.5 Å². The van der Waals surface area contributed by atoms with Crippen molar-refractivity contribution in [2.75, 3.05) is 0 Å². The summed E-state index contributed by atoms with van der Waals surface area (Å²) in [6, 6.07) is 12.0. The second-order valence-electron chi connectivity index (χ2n) is 4.93. The zero-order valence-electron chi connectivity index (χ0n) is 11.5. The Morgan fingerprint density at radius 1 is 1.25 bits per heavy atom. The van der Waals surface area contributed by atoms with Crippen LogP contribution in [0.25, 0.3) is 22.4 Å². The number of aryl methyl sites for hydroxylation is 1. The first kappa shape index (κ1) is 13.2. The lowest BCUT2D eigenvalue weighted by Crippen LogP contribution is -1.96. The maximum Gasteiger partial charge on any atom is 0.141 e. The summed E-state index contributed by atoms with van der Waals surface area (Å²) in [6.45, 7) is 2.54. The van der Waals surface area contributed by atoms with Gasteiger partial charge in [0.2, 0.25) is 0 Å². The Balaban J connectivity index is 2.26. The number of nitrogens with zero attached hydrogens (tertiary/aromatic N) is 2. The van der Waals surface area contributed by atoms with E-state index in [2.05, 4.69) is 10.6 Å². The molecule has 0 saturated heterocycles. The van der Waals surface area contributed by atoms with Crippen LogP contribution >= 0.6 is 11.6 Å². The summed E-state index contributed by atoms with van der Waals surface area (Å²) < 4.78 is 2.09. The summed E-state index contributed by atoms with van der Waals surface area (Å²) in [7, 11) is 2.02. The van der Waals surface area contributed by atoms with E-state index in [9.17, 15) is 0 Å². The molecule has 1 aromatic heterocycles. The van der Waals surface area contributed by atoms with Crippen LogP contribution in [0.15, 0.2) is 36.4 Å². The molecule has 102 valence electrons. The van der Waals surface area contributed by atoms with Crippen LogP contribution in [0, 0.1) is 6.92 Å². The van der Waals surface area contributed by atoms with Gasteiger partial charge in [0.15, 0.2) is 0 Å². The monoisotopic (exact) mass is 285 g/mol. The quantitative estimate of drug-likeness (QED) is 0.781. The lowest BCUT2D eigenvalue weighted by molar-refractivity contribution is 0.957. The highest BCUT2D eigenvalue weighted by atomic mass is 35.5. The minimum absolute atomic E-state index is 0.526. The minimum Gasteiger partial charge on any atom is -0.327 e. The van der Waals surface area contributed by atoms with Crippen LogP contribution in [0.3, 0.4) is 0 Å². The lowest BCUT2D eigenvalue weighted by atomic mass is 10.1. The smallest absolute Gasteiger partial charge is 0.141 e. The molecule has 4 heteroatoms. The molecule has 0 unspecified atom stereocenters. The van der Waals surface area contributed by atoms with E-state index < -0.39 is 0 Å². The molecule has 2 N–H and O–H groups in total. The van der Waals surface area contributed by atoms with Gasteiger partial charge in [-0.25, -0.2) is 4.98 Å². The van der Waals surface area contributed by atoms with Gasteiger partial charge in [0.1, 0.15) is 5.82 Å². The fourth-order valence-corrected chi connectivity index (χ4v) is 2.64. The van der Waals surface area contributed by atoms with Gasteiger partial charge in [-0.05, 0) is 36.2 Å². The Morgan fingerprint density at radius 3 is 2.80 bits per heavy atom. The Bertz CT molecular complexity index is 790. The SMILES string of the molecule is Cc1c(Cl)cccc1-c1nc2cc(CN)ccc2n1C. The standard InChI is InChI=1S/C16H16ClN3/c1-10-12(4-3-5-13(10)17)16-19-14-8-11(9-18)6-7-15(14)20(16)2/h3-8H,9,18H2,1-2H3. The third-order valence-corrected chi connectivity index (χ3v) is 4.10. The first-order chi connectivity index (χ1) is 9.61. The Hall–Kier alpha value is -1.84. The van der Waals surface area contributed by atoms with Crippen molar-refractivity contribution in [1.82, 2.24) is 9.55 Å². The number of hydrogen-bond donors (Lipinski definition) is 1. The van der Waals surface area contributed by atoms with E-state index in [0.717, 1.165) is 38.6 Å². The number of aromatic nitrogens is 2. The predicted octanol–water partition coefficient (Wildman–Crippen LogP) is 3.66. The maximum atomic E-state index is 6.21. The lowest BCUT2D eigenvalue weighted by Gasteiger charge is -2.07. The van der Waals surface area contributed by atoms with Crippen LogP contribution in [0.2, 0.25) is 5.02 Å². The van der Waals surface area contributed by atoms with Gasteiger partial charge in [-0.3, -0.25) is 0 Å². The molecule has 0 saturated carbocycles. The number of imidazole rings is 1. The fourth-order valence-electron chi connectivity index (χ4n) is 2.46. The molecule has 0 fully saturated rings. The highest BCUT2D eigenvalue weighted by Crippen LogP contribution is 2.30. The van der Waals surface area contributed by atoms with Gasteiger partial charge in [0.25, 0.3) is 0 Å². The molecule has 0 amide bonds. The molecule has 3 rings (SSSR count). The minimum atomic E-state index is 0.526. The molecular formula is C16H16ClN3. The largest absolute Gasteiger partial charge is 0.327 e. The molecule has 0 aliphatic carbocycles. The first-order valence-corrected chi connectivity index (χ1v) is 6.90. The number of benzene rings is 2. The second kappa shape index (κ2) is 4.93. The number of nitrogens with two attached hydrogens (primary N) is 1. The van der Waals surface area contributed by atoms with Crippen molar-refractivity contribution >= 4 is 22.6 Å². The highest BCUT2D eigenvalue weighted by molar-refractivity contribution is 6.31. The number of rotatable bonds is 2. The molecule has 2 aromatic carbocycles. The van der Waals surface area contributed by atoms with E-state index >= 15 is 0 Å². The zero-order valence-corrected chi connectivity index (χ0v) is 12.3. The van der Waals surface area contributed by atoms with E-state index in [1.807, 2.05) is 44.3 Å². The topological polar surface area (TPSA) is 43.8 Å². The van der Waals surface area contributed by atoms with Crippen molar-refractivity contribution < 1.29 is 0 Å². The van der Waals surface area contributed by atoms with E-state index in [1.54, 1.807) is 0 Å². The molecule has 0 atom stereocenters. The van der Waals surface area contributed by atoms with Gasteiger partial charge in [-0.1, -0.05) is 29.8 Å². The third kappa shape index (κ3) is 1.99. The average Bonchev–Trinajstić information content (AvgIpc) is 2.78. The predicted molar refractivity (Wildman–Crippen MR) is 83.8 cm³/mol. The highest BCUT2D eigenvalue weighted by Gasteiger charge is 2.13. The Labute approximate surface area is 123 Å². The summed E-state index contributed by atoms with van der Waals surface area (Å²) in [5, 5.41) is 0.761. The van der Waals surface area contributed by atoms with Crippen molar-refractivity contribution in [1.29, 1.82) is 0 Å². The Morgan fingerprint density at radius 2 is 2.05 bits per heavy atom. The van der Waals surface area contributed by atoms with E-state index in [0.29, 0.717) is 6.54 Å². The number of hydrogen-bond acceptors (Lipinski definition) is 2. The Kier molecular flexibility index (Phi) is 3.24. The molecule has 0 spiro atoms. The van der Waals surface area contributed by atoms with Crippen LogP contribution in [-0.2, 0) is 13.6 Å². The second-order valence-corrected chi connectivity index (χ2v) is 5.34. The summed E-state index contributed by atoms with van der Waals surface area (Å²) in [6.07, 6.45) is 0. The van der Waals surface area contributed by atoms with Crippen molar-refractivity contribution in [3.05, 3.63) is 52.5 Å². The van der Waals surface area contributed by atoms with E-state index in [-0.39, 0.29) is 0 Å². The molecule has 3 aromatic rings. The van der Waals surface area contributed by atoms with E-state index in [1.165, 1.54) is 0 Å². The normalized spacial score (nSPS) is 11.2. The summed E-state index contributed by atoms with van der Waals surface area (Å²) in [4.78, 5) is 4.74. The molecule has 3 nitrogen and oxygen atoms in total. The van der Waals surface area contributed by atoms with Gasteiger partial charge in [0.05, 0.1) is 11.0 Å². The molecule has 0 aliphatic rings. The molecule has 0 radical (unpaired) electrons.